The molecule has 386 valence electrons. The second-order valence-electron chi connectivity index (χ2n) is 21.5. The normalized spacial score (nSPS) is 12.2. The molecule has 0 bridgehead atoms. The number of fused-ring (bicyclic) bond motifs is 14. The van der Waals surface area contributed by atoms with E-state index in [1.54, 1.807) is 11.1 Å². The van der Waals surface area contributed by atoms with Gasteiger partial charge in [-0.15, -0.1) is 22.7 Å². The topological polar surface area (TPSA) is 52.6 Å². The van der Waals surface area contributed by atoms with Crippen LogP contribution in [0.3, 0.4) is 0 Å². The van der Waals surface area contributed by atoms with E-state index in [4.69, 9.17) is 17.7 Å². The van der Waals surface area contributed by atoms with E-state index in [-0.39, 0.29) is 0 Å². The van der Waals surface area contributed by atoms with Crippen molar-refractivity contribution in [2.24, 2.45) is 0 Å². The number of thiophene rings is 2. The highest BCUT2D eigenvalue weighted by atomic mass is 32.1. The number of hydrogen-bond acceptors (Lipinski definition) is 6. The van der Waals surface area contributed by atoms with Crippen molar-refractivity contribution in [1.82, 2.24) is 0 Å². The maximum absolute atomic E-state index is 6.79. The standard InChI is InChI=1S/C72H62O4S2/c1-5-9-23-53-55(25-11-7-3)71(77-69(53)47-29-37-63-59(41-47)51-33-31-49-57-39-45(43-19-15-13-16-20-43)27-35-61(57)73-65(49)67(51)75-63)72-56(26-12-8-4)54(24-10-6-2)70(78-72)48-30-38-64-60(42-48)52-34-32-50-58-40-46(44-21-17-14-18-22-44)28-36-62(58)74-66(50)68(52)76-64/h13-22,27-42H,5-12,23-26H2,1-4H3. The Labute approximate surface area is 462 Å². The molecule has 0 amide bonds. The van der Waals surface area contributed by atoms with Gasteiger partial charge in [-0.1, -0.05) is 126 Å². The molecule has 0 saturated heterocycles. The van der Waals surface area contributed by atoms with E-state index in [0.29, 0.717) is 0 Å². The second-order valence-corrected chi connectivity index (χ2v) is 23.5. The lowest BCUT2D eigenvalue weighted by Crippen LogP contribution is -1.97. The maximum atomic E-state index is 6.79. The van der Waals surface area contributed by atoms with Crippen LogP contribution in [0.1, 0.15) is 101 Å². The van der Waals surface area contributed by atoms with Crippen molar-refractivity contribution in [3.63, 3.8) is 0 Å². The first-order valence-electron chi connectivity index (χ1n) is 28.5. The number of furan rings is 4. The number of benzene rings is 8. The van der Waals surface area contributed by atoms with Crippen molar-refractivity contribution in [3.05, 3.63) is 180 Å². The van der Waals surface area contributed by atoms with Crippen LogP contribution in [0.2, 0.25) is 0 Å². The predicted molar refractivity (Wildman–Crippen MR) is 333 cm³/mol. The summed E-state index contributed by atoms with van der Waals surface area (Å²) >= 11 is 4.09. The Balaban J connectivity index is 0.906. The Hall–Kier alpha value is -7.64. The van der Waals surface area contributed by atoms with Crippen LogP contribution in [-0.4, -0.2) is 0 Å². The van der Waals surface area contributed by atoms with Crippen LogP contribution in [0.4, 0.5) is 0 Å². The Morgan fingerprint density at radius 1 is 0.269 bits per heavy atom. The van der Waals surface area contributed by atoms with Gasteiger partial charge in [0.05, 0.1) is 0 Å². The van der Waals surface area contributed by atoms with Crippen LogP contribution in [0, 0.1) is 0 Å². The molecule has 6 aromatic heterocycles. The lowest BCUT2D eigenvalue weighted by Gasteiger charge is -2.11. The molecule has 0 fully saturated rings. The largest absolute Gasteiger partial charge is 0.452 e. The molecule has 6 heteroatoms. The van der Waals surface area contributed by atoms with E-state index in [1.807, 2.05) is 22.7 Å². The smallest absolute Gasteiger partial charge is 0.178 e. The van der Waals surface area contributed by atoms with Gasteiger partial charge in [0, 0.05) is 62.6 Å². The summed E-state index contributed by atoms with van der Waals surface area (Å²) in [4.78, 5) is 5.78. The molecular formula is C72H62O4S2. The van der Waals surface area contributed by atoms with Crippen LogP contribution in [-0.2, 0) is 25.7 Å². The van der Waals surface area contributed by atoms with Crippen molar-refractivity contribution < 1.29 is 17.7 Å². The first-order chi connectivity index (χ1) is 38.5. The fraction of sp³-hybridized carbons (Fsp3) is 0.222. The van der Waals surface area contributed by atoms with Gasteiger partial charge >= 0.3 is 0 Å². The summed E-state index contributed by atoms with van der Waals surface area (Å²) in [6.45, 7) is 9.35. The Morgan fingerprint density at radius 2 is 0.551 bits per heavy atom. The molecule has 0 saturated carbocycles. The van der Waals surface area contributed by atoms with Crippen LogP contribution in [0.15, 0.2) is 175 Å². The van der Waals surface area contributed by atoms with E-state index in [1.165, 1.54) is 64.0 Å². The van der Waals surface area contributed by atoms with E-state index in [2.05, 4.69) is 185 Å². The monoisotopic (exact) mass is 1050 g/mol. The molecule has 0 aliphatic carbocycles. The minimum atomic E-state index is 0.808. The SMILES string of the molecule is CCCCc1c(-c2ccc3oc4c(ccc5c6cc(-c7ccccc7)ccc6oc54)c3c2)sc(-c2sc(-c3ccc4oc5c(ccc6c7cc(-c8ccccc8)ccc7oc65)c4c3)c(CCCC)c2CCCC)c1CCCC. The Bertz CT molecular complexity index is 4260. The first kappa shape index (κ1) is 48.7. The molecule has 0 radical (unpaired) electrons. The fourth-order valence-electron chi connectivity index (χ4n) is 12.3. The third kappa shape index (κ3) is 8.21. The second kappa shape index (κ2) is 20.3. The Kier molecular flexibility index (Phi) is 12.7. The van der Waals surface area contributed by atoms with E-state index in [9.17, 15) is 0 Å². The van der Waals surface area contributed by atoms with E-state index < -0.39 is 0 Å². The fourth-order valence-corrected chi connectivity index (χ4v) is 15.3. The molecular weight excluding hydrogens is 993 g/mol. The molecule has 0 spiro atoms. The average molecular weight is 1060 g/mol. The number of hydrogen-bond donors (Lipinski definition) is 0. The zero-order chi connectivity index (χ0) is 52.4. The molecule has 8 aromatic carbocycles. The quantitative estimate of drug-likeness (QED) is 0.0912. The average Bonchev–Trinajstić information content (AvgIpc) is 4.33. The highest BCUT2D eigenvalue weighted by Crippen LogP contribution is 2.53. The summed E-state index contributed by atoms with van der Waals surface area (Å²) in [5.41, 5.74) is 20.2. The summed E-state index contributed by atoms with van der Waals surface area (Å²) in [5, 5.41) is 8.80. The number of unbranched alkanes of at least 4 members (excludes halogenated alkanes) is 4. The summed E-state index contributed by atoms with van der Waals surface area (Å²) in [5.74, 6) is 0. The van der Waals surface area contributed by atoms with Crippen molar-refractivity contribution in [2.75, 3.05) is 0 Å². The molecule has 14 aromatic rings. The lowest BCUT2D eigenvalue weighted by atomic mass is 9.92. The first-order valence-corrected chi connectivity index (χ1v) is 30.2. The van der Waals surface area contributed by atoms with Crippen LogP contribution >= 0.6 is 22.7 Å². The van der Waals surface area contributed by atoms with Gasteiger partial charge < -0.3 is 17.7 Å². The van der Waals surface area contributed by atoms with Gasteiger partial charge in [0.1, 0.15) is 22.3 Å². The lowest BCUT2D eigenvalue weighted by molar-refractivity contribution is 0.633. The third-order valence-electron chi connectivity index (χ3n) is 16.5. The van der Waals surface area contributed by atoms with Gasteiger partial charge in [-0.25, -0.2) is 0 Å². The van der Waals surface area contributed by atoms with Crippen molar-refractivity contribution >= 4 is 110 Å². The van der Waals surface area contributed by atoms with Gasteiger partial charge in [-0.2, -0.15) is 0 Å². The van der Waals surface area contributed by atoms with Crippen molar-refractivity contribution in [1.29, 1.82) is 0 Å². The molecule has 78 heavy (non-hydrogen) atoms. The minimum Gasteiger partial charge on any atom is -0.452 e. The summed E-state index contributed by atoms with van der Waals surface area (Å²) in [7, 11) is 0. The zero-order valence-electron chi connectivity index (χ0n) is 44.9. The molecule has 4 nitrogen and oxygen atoms in total. The van der Waals surface area contributed by atoms with E-state index in [0.717, 1.165) is 165 Å². The highest BCUT2D eigenvalue weighted by Gasteiger charge is 2.28. The summed E-state index contributed by atoms with van der Waals surface area (Å²) < 4.78 is 26.9. The summed E-state index contributed by atoms with van der Waals surface area (Å²) in [6.07, 6.45) is 13.5. The molecule has 0 aliphatic rings. The van der Waals surface area contributed by atoms with Gasteiger partial charge in [0.2, 0.25) is 0 Å². The molecule has 0 unspecified atom stereocenters. The van der Waals surface area contributed by atoms with Crippen molar-refractivity contribution in [2.45, 2.75) is 105 Å². The highest BCUT2D eigenvalue weighted by molar-refractivity contribution is 7.25. The third-order valence-corrected chi connectivity index (χ3v) is 19.3. The van der Waals surface area contributed by atoms with Crippen LogP contribution in [0.5, 0.6) is 0 Å². The molecule has 0 N–H and O–H groups in total. The minimum absolute atomic E-state index is 0.808. The number of rotatable bonds is 17. The molecule has 0 atom stereocenters. The maximum Gasteiger partial charge on any atom is 0.178 e. The predicted octanol–water partition coefficient (Wildman–Crippen LogP) is 23.1. The van der Waals surface area contributed by atoms with Gasteiger partial charge in [-0.05, 0) is 192 Å². The Morgan fingerprint density at radius 3 is 0.859 bits per heavy atom. The van der Waals surface area contributed by atoms with Crippen LogP contribution < -0.4 is 0 Å². The van der Waals surface area contributed by atoms with Gasteiger partial charge in [-0.3, -0.25) is 0 Å². The van der Waals surface area contributed by atoms with Crippen LogP contribution in [0.25, 0.3) is 141 Å². The molecule has 14 rings (SSSR count). The molecule has 6 heterocycles. The van der Waals surface area contributed by atoms with Crippen molar-refractivity contribution in [3.8, 4) is 52.9 Å². The molecule has 0 aliphatic heterocycles. The van der Waals surface area contributed by atoms with Gasteiger partial charge in [0.25, 0.3) is 0 Å². The summed E-state index contributed by atoms with van der Waals surface area (Å²) in [6, 6.07) is 57.0. The van der Waals surface area contributed by atoms with E-state index >= 15 is 0 Å². The zero-order valence-corrected chi connectivity index (χ0v) is 46.6. The van der Waals surface area contributed by atoms with Gasteiger partial charge in [0.15, 0.2) is 22.3 Å².